The quantitative estimate of drug-likeness (QED) is 0.602. The summed E-state index contributed by atoms with van der Waals surface area (Å²) in [5.74, 6) is -2.46. The zero-order valence-electron chi connectivity index (χ0n) is 10.3. The molecule has 1 aliphatic heterocycles. The number of rotatable bonds is 6. The molecule has 1 unspecified atom stereocenters. The highest BCUT2D eigenvalue weighted by molar-refractivity contribution is 6.03. The minimum atomic E-state index is -1.24. The Morgan fingerprint density at radius 2 is 2.05 bits per heavy atom. The molecule has 1 heterocycles. The fourth-order valence-electron chi connectivity index (χ4n) is 2.11. The van der Waals surface area contributed by atoms with Crippen molar-refractivity contribution in [2.75, 3.05) is 6.61 Å². The van der Waals surface area contributed by atoms with Crippen molar-refractivity contribution in [3.05, 3.63) is 47.0 Å². The summed E-state index contributed by atoms with van der Waals surface area (Å²) >= 11 is 0. The normalized spacial score (nSPS) is 16.9. The lowest BCUT2D eigenvalue weighted by atomic mass is 9.91. The molecule has 1 saturated heterocycles. The van der Waals surface area contributed by atoms with Gasteiger partial charge in [-0.05, 0) is 23.6 Å². The second-order valence-electron chi connectivity index (χ2n) is 4.39. The van der Waals surface area contributed by atoms with Crippen LogP contribution in [0.5, 0.6) is 0 Å². The van der Waals surface area contributed by atoms with Crippen LogP contribution >= 0.6 is 0 Å². The lowest BCUT2D eigenvalue weighted by Gasteiger charge is -2.13. The topological polar surface area (TPSA) is 87.1 Å². The van der Waals surface area contributed by atoms with Gasteiger partial charge in [0.1, 0.15) is 0 Å². The predicted octanol–water partition coefficient (Wildman–Crippen LogP) is 1.75. The molecule has 0 aliphatic carbocycles. The molecular formula is C14H14O5. The first-order chi connectivity index (χ1) is 9.04. The molecule has 0 bridgehead atoms. The summed E-state index contributed by atoms with van der Waals surface area (Å²) in [7, 11) is 0. The Bertz CT molecular complexity index is 543. The van der Waals surface area contributed by atoms with Gasteiger partial charge in [-0.1, -0.05) is 12.1 Å². The Morgan fingerprint density at radius 3 is 2.53 bits per heavy atom. The van der Waals surface area contributed by atoms with Gasteiger partial charge in [0.15, 0.2) is 0 Å². The van der Waals surface area contributed by atoms with E-state index >= 15 is 0 Å². The van der Waals surface area contributed by atoms with Crippen molar-refractivity contribution < 1.29 is 24.5 Å². The summed E-state index contributed by atoms with van der Waals surface area (Å²) in [5, 5.41) is 18.4. The van der Waals surface area contributed by atoms with Gasteiger partial charge in [0, 0.05) is 6.42 Å². The van der Waals surface area contributed by atoms with Crippen LogP contribution in [-0.2, 0) is 17.6 Å². The molecule has 1 fully saturated rings. The third-order valence-electron chi connectivity index (χ3n) is 3.05. The second-order valence-corrected chi connectivity index (χ2v) is 4.39. The van der Waals surface area contributed by atoms with Crippen LogP contribution in [-0.4, -0.2) is 34.9 Å². The predicted molar refractivity (Wildman–Crippen MR) is 67.7 cm³/mol. The van der Waals surface area contributed by atoms with E-state index in [0.29, 0.717) is 25.0 Å². The number of hydrogen-bond donors (Lipinski definition) is 2. The van der Waals surface area contributed by atoms with Crippen molar-refractivity contribution in [2.45, 2.75) is 18.9 Å². The average molecular weight is 262 g/mol. The monoisotopic (exact) mass is 262 g/mol. The lowest BCUT2D eigenvalue weighted by Crippen LogP contribution is -2.15. The molecule has 5 nitrogen and oxygen atoms in total. The highest BCUT2D eigenvalue weighted by atomic mass is 16.6. The third kappa shape index (κ3) is 2.82. The number of carboxylic acids is 2. The molecule has 19 heavy (non-hydrogen) atoms. The Morgan fingerprint density at radius 1 is 1.37 bits per heavy atom. The third-order valence-corrected chi connectivity index (χ3v) is 3.05. The molecule has 1 atom stereocenters. The molecule has 0 aromatic heterocycles. The van der Waals surface area contributed by atoms with Crippen LogP contribution in [0.25, 0.3) is 0 Å². The van der Waals surface area contributed by atoms with Crippen LogP contribution in [0.3, 0.4) is 0 Å². The van der Waals surface area contributed by atoms with E-state index in [2.05, 4.69) is 6.58 Å². The zero-order valence-corrected chi connectivity index (χ0v) is 10.3. The first kappa shape index (κ1) is 13.3. The SMILES string of the molecule is C=CCc1ccc(C(=O)O)c(C(=O)O)c1CC1CO1. The molecule has 0 spiro atoms. The van der Waals surface area contributed by atoms with Gasteiger partial charge in [0.05, 0.1) is 23.8 Å². The van der Waals surface area contributed by atoms with Crippen LogP contribution in [0.2, 0.25) is 0 Å². The van der Waals surface area contributed by atoms with Crippen LogP contribution in [0, 0.1) is 0 Å². The van der Waals surface area contributed by atoms with Gasteiger partial charge < -0.3 is 14.9 Å². The lowest BCUT2D eigenvalue weighted by molar-refractivity contribution is 0.0650. The maximum absolute atomic E-state index is 11.4. The molecule has 1 aliphatic rings. The summed E-state index contributed by atoms with van der Waals surface area (Å²) in [5.41, 5.74) is 1.00. The van der Waals surface area contributed by atoms with Crippen molar-refractivity contribution in [2.24, 2.45) is 0 Å². The molecule has 2 rings (SSSR count). The van der Waals surface area contributed by atoms with Gasteiger partial charge in [-0.3, -0.25) is 0 Å². The highest BCUT2D eigenvalue weighted by Crippen LogP contribution is 2.26. The van der Waals surface area contributed by atoms with Gasteiger partial charge in [0.2, 0.25) is 0 Å². The number of hydrogen-bond acceptors (Lipinski definition) is 3. The number of carbonyl (C=O) groups is 2. The van der Waals surface area contributed by atoms with Gasteiger partial charge >= 0.3 is 11.9 Å². The fraction of sp³-hybridized carbons (Fsp3) is 0.286. The van der Waals surface area contributed by atoms with E-state index < -0.39 is 11.9 Å². The molecule has 100 valence electrons. The van der Waals surface area contributed by atoms with Crippen molar-refractivity contribution >= 4 is 11.9 Å². The minimum absolute atomic E-state index is 0.00860. The van der Waals surface area contributed by atoms with Crippen molar-refractivity contribution in [1.82, 2.24) is 0 Å². The van der Waals surface area contributed by atoms with E-state index in [1.807, 2.05) is 0 Å². The molecule has 1 aromatic carbocycles. The zero-order chi connectivity index (χ0) is 14.0. The summed E-state index contributed by atoms with van der Waals surface area (Å²) in [4.78, 5) is 22.5. The maximum Gasteiger partial charge on any atom is 0.336 e. The van der Waals surface area contributed by atoms with Crippen LogP contribution in [0.4, 0.5) is 0 Å². The number of allylic oxidation sites excluding steroid dienone is 1. The van der Waals surface area contributed by atoms with E-state index in [4.69, 9.17) is 9.84 Å². The van der Waals surface area contributed by atoms with E-state index in [9.17, 15) is 14.7 Å². The number of benzene rings is 1. The van der Waals surface area contributed by atoms with E-state index in [-0.39, 0.29) is 17.2 Å². The Labute approximate surface area is 110 Å². The van der Waals surface area contributed by atoms with E-state index in [1.54, 1.807) is 12.1 Å². The van der Waals surface area contributed by atoms with Crippen LogP contribution < -0.4 is 0 Å². The molecule has 5 heteroatoms. The number of aromatic carboxylic acids is 2. The largest absolute Gasteiger partial charge is 0.478 e. The fourth-order valence-corrected chi connectivity index (χ4v) is 2.11. The van der Waals surface area contributed by atoms with Crippen molar-refractivity contribution in [1.29, 1.82) is 0 Å². The number of ether oxygens (including phenoxy) is 1. The van der Waals surface area contributed by atoms with Crippen LogP contribution in [0.15, 0.2) is 24.8 Å². The Hall–Kier alpha value is -2.14. The number of carboxylic acid groups (broad SMARTS) is 2. The average Bonchev–Trinajstić information content (AvgIpc) is 3.14. The molecular weight excluding hydrogens is 248 g/mol. The Balaban J connectivity index is 2.58. The van der Waals surface area contributed by atoms with E-state index in [0.717, 1.165) is 5.56 Å². The minimum Gasteiger partial charge on any atom is -0.478 e. The van der Waals surface area contributed by atoms with Gasteiger partial charge in [0.25, 0.3) is 0 Å². The smallest absolute Gasteiger partial charge is 0.336 e. The summed E-state index contributed by atoms with van der Waals surface area (Å²) < 4.78 is 5.11. The van der Waals surface area contributed by atoms with Crippen molar-refractivity contribution in [3.8, 4) is 0 Å². The van der Waals surface area contributed by atoms with Gasteiger partial charge in [-0.15, -0.1) is 6.58 Å². The van der Waals surface area contributed by atoms with Gasteiger partial charge in [-0.25, -0.2) is 9.59 Å². The maximum atomic E-state index is 11.4. The molecule has 0 radical (unpaired) electrons. The molecule has 2 N–H and O–H groups in total. The first-order valence-electron chi connectivity index (χ1n) is 5.88. The molecule has 0 saturated carbocycles. The molecule has 0 amide bonds. The highest BCUT2D eigenvalue weighted by Gasteiger charge is 2.29. The summed E-state index contributed by atoms with van der Waals surface area (Å²) in [6.45, 7) is 4.22. The summed E-state index contributed by atoms with van der Waals surface area (Å²) in [6.07, 6.45) is 2.58. The number of epoxide rings is 1. The Kier molecular flexibility index (Phi) is 3.66. The first-order valence-corrected chi connectivity index (χ1v) is 5.88. The van der Waals surface area contributed by atoms with Crippen LogP contribution in [0.1, 0.15) is 31.8 Å². The second kappa shape index (κ2) is 5.24. The summed E-state index contributed by atoms with van der Waals surface area (Å²) in [6, 6.07) is 2.98. The standard InChI is InChI=1S/C14H14O5/c1-2-3-8-4-5-10(13(15)16)12(14(17)18)11(8)6-9-7-19-9/h2,4-5,9H,1,3,6-7H2,(H,15,16)(H,17,18). The molecule has 1 aromatic rings. The van der Waals surface area contributed by atoms with Crippen molar-refractivity contribution in [3.63, 3.8) is 0 Å². The van der Waals surface area contributed by atoms with E-state index in [1.165, 1.54) is 6.07 Å². The van der Waals surface area contributed by atoms with Gasteiger partial charge in [-0.2, -0.15) is 0 Å².